The molecular formula is C16H19NO2. The summed E-state index contributed by atoms with van der Waals surface area (Å²) in [4.78, 5) is 0. The number of nitrogens with two attached hydrogens (primary N) is 1. The number of aliphatic hydroxyl groups excluding tert-OH is 1. The minimum absolute atomic E-state index is 0.127. The highest BCUT2D eigenvalue weighted by atomic mass is 16.5. The SMILES string of the molecule is NC(COc1ccc(CCO)cc1)c1ccccc1. The van der Waals surface area contributed by atoms with E-state index >= 15 is 0 Å². The summed E-state index contributed by atoms with van der Waals surface area (Å²) in [6, 6.07) is 17.5. The number of ether oxygens (including phenoxy) is 1. The molecule has 0 fully saturated rings. The van der Waals surface area contributed by atoms with Crippen molar-refractivity contribution in [1.82, 2.24) is 0 Å². The van der Waals surface area contributed by atoms with Gasteiger partial charge in [-0.1, -0.05) is 42.5 Å². The average molecular weight is 257 g/mol. The van der Waals surface area contributed by atoms with Crippen molar-refractivity contribution in [2.75, 3.05) is 13.2 Å². The second kappa shape index (κ2) is 6.92. The predicted octanol–water partition coefficient (Wildman–Crippen LogP) is 2.30. The lowest BCUT2D eigenvalue weighted by Crippen LogP contribution is -2.18. The van der Waals surface area contributed by atoms with E-state index < -0.39 is 0 Å². The summed E-state index contributed by atoms with van der Waals surface area (Å²) in [7, 11) is 0. The van der Waals surface area contributed by atoms with E-state index in [-0.39, 0.29) is 12.6 Å². The number of rotatable bonds is 6. The highest BCUT2D eigenvalue weighted by Gasteiger charge is 2.06. The molecule has 2 aromatic rings. The van der Waals surface area contributed by atoms with Crippen LogP contribution in [-0.4, -0.2) is 18.3 Å². The molecule has 0 radical (unpaired) electrons. The average Bonchev–Trinajstić information content (AvgIpc) is 2.47. The van der Waals surface area contributed by atoms with E-state index in [4.69, 9.17) is 15.6 Å². The summed E-state index contributed by atoms with van der Waals surface area (Å²) in [6.07, 6.45) is 0.670. The molecule has 2 rings (SSSR count). The minimum Gasteiger partial charge on any atom is -0.492 e. The maximum Gasteiger partial charge on any atom is 0.119 e. The van der Waals surface area contributed by atoms with Crippen molar-refractivity contribution in [2.24, 2.45) is 5.73 Å². The molecule has 0 saturated heterocycles. The second-order valence-corrected chi connectivity index (χ2v) is 4.45. The topological polar surface area (TPSA) is 55.5 Å². The van der Waals surface area contributed by atoms with E-state index in [1.807, 2.05) is 54.6 Å². The Bertz CT molecular complexity index is 482. The van der Waals surface area contributed by atoms with Crippen LogP contribution in [0.1, 0.15) is 17.2 Å². The quantitative estimate of drug-likeness (QED) is 0.835. The number of hydrogen-bond donors (Lipinski definition) is 2. The molecule has 0 heterocycles. The maximum atomic E-state index is 8.84. The maximum absolute atomic E-state index is 8.84. The molecule has 100 valence electrons. The van der Waals surface area contributed by atoms with Crippen LogP contribution in [0.2, 0.25) is 0 Å². The predicted molar refractivity (Wildman–Crippen MR) is 76.1 cm³/mol. The Morgan fingerprint density at radius 2 is 1.68 bits per heavy atom. The third kappa shape index (κ3) is 4.09. The van der Waals surface area contributed by atoms with Gasteiger partial charge in [0.2, 0.25) is 0 Å². The molecule has 1 unspecified atom stereocenters. The van der Waals surface area contributed by atoms with Crippen LogP contribution in [-0.2, 0) is 6.42 Å². The number of aliphatic hydroxyl groups is 1. The third-order valence-corrected chi connectivity index (χ3v) is 2.98. The molecule has 19 heavy (non-hydrogen) atoms. The molecule has 3 N–H and O–H groups in total. The smallest absolute Gasteiger partial charge is 0.119 e. The highest BCUT2D eigenvalue weighted by molar-refractivity contribution is 5.27. The summed E-state index contributed by atoms with van der Waals surface area (Å²) in [6.45, 7) is 0.614. The molecule has 0 aliphatic carbocycles. The van der Waals surface area contributed by atoms with Gasteiger partial charge in [0.15, 0.2) is 0 Å². The van der Waals surface area contributed by atoms with Gasteiger partial charge in [-0.05, 0) is 29.7 Å². The fourth-order valence-corrected chi connectivity index (χ4v) is 1.86. The number of benzene rings is 2. The Balaban J connectivity index is 1.88. The van der Waals surface area contributed by atoms with E-state index in [2.05, 4.69) is 0 Å². The number of hydrogen-bond acceptors (Lipinski definition) is 3. The summed E-state index contributed by atoms with van der Waals surface area (Å²) in [5.74, 6) is 0.799. The van der Waals surface area contributed by atoms with Crippen molar-refractivity contribution in [3.8, 4) is 5.75 Å². The summed E-state index contributed by atoms with van der Waals surface area (Å²) < 4.78 is 5.67. The Kier molecular flexibility index (Phi) is 4.95. The van der Waals surface area contributed by atoms with Gasteiger partial charge in [0.05, 0.1) is 6.04 Å². The van der Waals surface area contributed by atoms with Gasteiger partial charge in [0.1, 0.15) is 12.4 Å². The normalized spacial score (nSPS) is 12.1. The van der Waals surface area contributed by atoms with Gasteiger partial charge in [0, 0.05) is 6.61 Å². The third-order valence-electron chi connectivity index (χ3n) is 2.98. The van der Waals surface area contributed by atoms with Crippen LogP contribution in [0.5, 0.6) is 5.75 Å². The van der Waals surface area contributed by atoms with Gasteiger partial charge in [-0.2, -0.15) is 0 Å². The van der Waals surface area contributed by atoms with Crippen LogP contribution in [0, 0.1) is 0 Å². The summed E-state index contributed by atoms with van der Waals surface area (Å²) in [5, 5.41) is 8.84. The molecule has 0 spiro atoms. The van der Waals surface area contributed by atoms with Crippen LogP contribution < -0.4 is 10.5 Å². The van der Waals surface area contributed by atoms with Crippen LogP contribution in [0.25, 0.3) is 0 Å². The minimum atomic E-state index is -0.127. The van der Waals surface area contributed by atoms with E-state index in [1.54, 1.807) is 0 Å². The molecule has 3 nitrogen and oxygen atoms in total. The standard InChI is InChI=1S/C16H19NO2/c17-16(14-4-2-1-3-5-14)12-19-15-8-6-13(7-9-15)10-11-18/h1-9,16,18H,10-12,17H2. The molecule has 0 aliphatic rings. The van der Waals surface area contributed by atoms with Crippen molar-refractivity contribution in [1.29, 1.82) is 0 Å². The molecule has 3 heteroatoms. The van der Waals surface area contributed by atoms with Gasteiger partial charge < -0.3 is 15.6 Å². The zero-order valence-corrected chi connectivity index (χ0v) is 10.8. The first-order valence-electron chi connectivity index (χ1n) is 6.42. The van der Waals surface area contributed by atoms with E-state index in [9.17, 15) is 0 Å². The van der Waals surface area contributed by atoms with Gasteiger partial charge in [-0.25, -0.2) is 0 Å². The zero-order valence-electron chi connectivity index (χ0n) is 10.8. The first-order chi connectivity index (χ1) is 9.29. The van der Waals surface area contributed by atoms with Crippen LogP contribution in [0.15, 0.2) is 54.6 Å². The Hall–Kier alpha value is -1.84. The lowest BCUT2D eigenvalue weighted by Gasteiger charge is -2.13. The monoisotopic (exact) mass is 257 g/mol. The van der Waals surface area contributed by atoms with Crippen LogP contribution in [0.4, 0.5) is 0 Å². The van der Waals surface area contributed by atoms with Gasteiger partial charge in [0.25, 0.3) is 0 Å². The first-order valence-corrected chi connectivity index (χ1v) is 6.42. The molecule has 0 aromatic heterocycles. The molecule has 0 amide bonds. The van der Waals surface area contributed by atoms with Crippen LogP contribution >= 0.6 is 0 Å². The molecule has 2 aromatic carbocycles. The lowest BCUT2D eigenvalue weighted by atomic mass is 10.1. The fraction of sp³-hybridized carbons (Fsp3) is 0.250. The molecule has 0 aliphatic heterocycles. The van der Waals surface area contributed by atoms with Gasteiger partial charge >= 0.3 is 0 Å². The molecule has 0 bridgehead atoms. The lowest BCUT2D eigenvalue weighted by molar-refractivity contribution is 0.290. The van der Waals surface area contributed by atoms with Crippen molar-refractivity contribution in [3.63, 3.8) is 0 Å². The van der Waals surface area contributed by atoms with Crippen molar-refractivity contribution < 1.29 is 9.84 Å². The Morgan fingerprint density at radius 1 is 1.00 bits per heavy atom. The summed E-state index contributed by atoms with van der Waals surface area (Å²) >= 11 is 0. The first kappa shape index (κ1) is 13.6. The molecule has 1 atom stereocenters. The van der Waals surface area contributed by atoms with Crippen molar-refractivity contribution in [3.05, 3.63) is 65.7 Å². The van der Waals surface area contributed by atoms with E-state index in [0.29, 0.717) is 13.0 Å². The zero-order chi connectivity index (χ0) is 13.5. The van der Waals surface area contributed by atoms with E-state index in [1.165, 1.54) is 0 Å². The Labute approximate surface area is 113 Å². The fourth-order valence-electron chi connectivity index (χ4n) is 1.86. The second-order valence-electron chi connectivity index (χ2n) is 4.45. The van der Waals surface area contributed by atoms with Crippen LogP contribution in [0.3, 0.4) is 0 Å². The Morgan fingerprint density at radius 3 is 2.32 bits per heavy atom. The molecule has 0 saturated carbocycles. The largest absolute Gasteiger partial charge is 0.492 e. The van der Waals surface area contributed by atoms with Gasteiger partial charge in [-0.15, -0.1) is 0 Å². The van der Waals surface area contributed by atoms with Gasteiger partial charge in [-0.3, -0.25) is 0 Å². The highest BCUT2D eigenvalue weighted by Crippen LogP contribution is 2.15. The summed E-state index contributed by atoms with van der Waals surface area (Å²) in [5.41, 5.74) is 8.23. The van der Waals surface area contributed by atoms with Crippen molar-refractivity contribution in [2.45, 2.75) is 12.5 Å². The molecular weight excluding hydrogens is 238 g/mol. The van der Waals surface area contributed by atoms with E-state index in [0.717, 1.165) is 16.9 Å². The van der Waals surface area contributed by atoms with Crippen molar-refractivity contribution >= 4 is 0 Å².